The van der Waals surface area contributed by atoms with Gasteiger partial charge in [-0.25, -0.2) is 0 Å². The second-order valence-corrected chi connectivity index (χ2v) is 6.33. The highest BCUT2D eigenvalue weighted by molar-refractivity contribution is 7.14. The van der Waals surface area contributed by atoms with Gasteiger partial charge in [0.2, 0.25) is 5.91 Å². The molecular weight excluding hydrogens is 278 g/mol. The van der Waals surface area contributed by atoms with Crippen molar-refractivity contribution in [1.82, 2.24) is 9.80 Å². The number of imide groups is 1. The van der Waals surface area contributed by atoms with Crippen LogP contribution in [0.25, 0.3) is 0 Å². The predicted molar refractivity (Wildman–Crippen MR) is 74.0 cm³/mol. The number of nitrogens with two attached hydrogens (primary N) is 1. The minimum absolute atomic E-state index is 0.174. The van der Waals surface area contributed by atoms with E-state index in [2.05, 4.69) is 0 Å². The topological polar surface area (TPSA) is 83.7 Å². The zero-order valence-electron chi connectivity index (χ0n) is 11.3. The van der Waals surface area contributed by atoms with E-state index in [1.54, 1.807) is 17.2 Å². The molecule has 1 unspecified atom stereocenters. The lowest BCUT2D eigenvalue weighted by Gasteiger charge is -2.42. The van der Waals surface area contributed by atoms with E-state index in [1.165, 1.54) is 18.4 Å². The number of amides is 3. The molecule has 0 spiro atoms. The standard InChI is InChI=1S/C13H15N3O3S/c1-13(4-3-9(17)15(2)12(13)19)16-5-7-8(11(16)18)6-20-10(7)14/h6H,3-5,14H2,1-2H3. The number of thiophene rings is 1. The van der Waals surface area contributed by atoms with Gasteiger partial charge < -0.3 is 10.6 Å². The molecule has 3 amide bonds. The molecule has 2 aliphatic heterocycles. The summed E-state index contributed by atoms with van der Waals surface area (Å²) in [7, 11) is 1.46. The lowest BCUT2D eigenvalue weighted by Crippen LogP contribution is -2.61. The van der Waals surface area contributed by atoms with Crippen LogP contribution < -0.4 is 5.73 Å². The molecular formula is C13H15N3O3S. The van der Waals surface area contributed by atoms with Gasteiger partial charge in [0.15, 0.2) is 0 Å². The van der Waals surface area contributed by atoms with Crippen molar-refractivity contribution in [1.29, 1.82) is 0 Å². The molecule has 0 saturated carbocycles. The third kappa shape index (κ3) is 1.53. The smallest absolute Gasteiger partial charge is 0.256 e. The van der Waals surface area contributed by atoms with Crippen LogP contribution in [-0.4, -0.2) is 40.1 Å². The third-order valence-electron chi connectivity index (χ3n) is 4.28. The molecule has 1 saturated heterocycles. The predicted octanol–water partition coefficient (Wildman–Crippen LogP) is 0.824. The van der Waals surface area contributed by atoms with E-state index < -0.39 is 5.54 Å². The van der Waals surface area contributed by atoms with Crippen molar-refractivity contribution in [2.75, 3.05) is 12.8 Å². The van der Waals surface area contributed by atoms with Crippen LogP contribution in [0.5, 0.6) is 0 Å². The van der Waals surface area contributed by atoms with Crippen LogP contribution in [0.15, 0.2) is 5.38 Å². The third-order valence-corrected chi connectivity index (χ3v) is 5.13. The highest BCUT2D eigenvalue weighted by Crippen LogP contribution is 2.39. The van der Waals surface area contributed by atoms with Crippen LogP contribution >= 0.6 is 11.3 Å². The van der Waals surface area contributed by atoms with Gasteiger partial charge in [-0.2, -0.15) is 0 Å². The molecule has 1 aromatic heterocycles. The van der Waals surface area contributed by atoms with E-state index in [-0.39, 0.29) is 24.1 Å². The Kier molecular flexibility index (Phi) is 2.66. The van der Waals surface area contributed by atoms with E-state index in [0.29, 0.717) is 23.5 Å². The van der Waals surface area contributed by atoms with E-state index in [4.69, 9.17) is 5.73 Å². The molecule has 7 heteroatoms. The van der Waals surface area contributed by atoms with Crippen molar-refractivity contribution < 1.29 is 14.4 Å². The highest BCUT2D eigenvalue weighted by Gasteiger charge is 2.51. The average Bonchev–Trinajstić information content (AvgIpc) is 2.94. The summed E-state index contributed by atoms with van der Waals surface area (Å²) in [5, 5.41) is 2.35. The first kappa shape index (κ1) is 13.1. The first-order valence-electron chi connectivity index (χ1n) is 6.35. The molecule has 1 atom stereocenters. The normalized spacial score (nSPS) is 26.4. The molecule has 106 valence electrons. The van der Waals surface area contributed by atoms with Crippen LogP contribution in [0.2, 0.25) is 0 Å². The van der Waals surface area contributed by atoms with Gasteiger partial charge in [0.1, 0.15) is 5.54 Å². The molecule has 20 heavy (non-hydrogen) atoms. The van der Waals surface area contributed by atoms with Crippen LogP contribution in [0, 0.1) is 0 Å². The van der Waals surface area contributed by atoms with Gasteiger partial charge in [0.05, 0.1) is 17.1 Å². The second kappa shape index (κ2) is 4.05. The number of anilines is 1. The number of hydrogen-bond acceptors (Lipinski definition) is 5. The summed E-state index contributed by atoms with van der Waals surface area (Å²) in [6.45, 7) is 2.06. The Hall–Kier alpha value is -1.89. The SMILES string of the molecule is CN1C(=O)CCC(C)(N2Cc3c(csc3N)C2=O)C1=O. The second-order valence-electron chi connectivity index (χ2n) is 5.42. The number of rotatable bonds is 1. The zero-order valence-corrected chi connectivity index (χ0v) is 12.1. The molecule has 0 bridgehead atoms. The summed E-state index contributed by atoms with van der Waals surface area (Å²) in [5.74, 6) is -0.700. The molecule has 6 nitrogen and oxygen atoms in total. The Morgan fingerprint density at radius 3 is 2.70 bits per heavy atom. The van der Waals surface area contributed by atoms with Crippen molar-refractivity contribution in [3.63, 3.8) is 0 Å². The number of carbonyl (C=O) groups excluding carboxylic acids is 3. The summed E-state index contributed by atoms with van der Waals surface area (Å²) in [4.78, 5) is 39.2. The highest BCUT2D eigenvalue weighted by atomic mass is 32.1. The Morgan fingerprint density at radius 1 is 1.35 bits per heavy atom. The van der Waals surface area contributed by atoms with E-state index in [9.17, 15) is 14.4 Å². The summed E-state index contributed by atoms with van der Waals surface area (Å²) < 4.78 is 0. The molecule has 0 aromatic carbocycles. The zero-order chi connectivity index (χ0) is 14.7. The van der Waals surface area contributed by atoms with Gasteiger partial charge in [-0.1, -0.05) is 0 Å². The van der Waals surface area contributed by atoms with Crippen LogP contribution in [0.3, 0.4) is 0 Å². The molecule has 3 heterocycles. The molecule has 2 aliphatic rings. The van der Waals surface area contributed by atoms with Gasteiger partial charge >= 0.3 is 0 Å². The minimum atomic E-state index is -0.969. The van der Waals surface area contributed by atoms with E-state index in [0.717, 1.165) is 10.5 Å². The number of hydrogen-bond donors (Lipinski definition) is 1. The summed E-state index contributed by atoms with van der Waals surface area (Å²) in [5.41, 5.74) is 6.28. The number of carbonyl (C=O) groups is 3. The van der Waals surface area contributed by atoms with Crippen LogP contribution in [0.4, 0.5) is 5.00 Å². The Labute approximate surface area is 120 Å². The summed E-state index contributed by atoms with van der Waals surface area (Å²) >= 11 is 1.34. The Balaban J connectivity index is 1.96. The summed E-state index contributed by atoms with van der Waals surface area (Å²) in [6.07, 6.45) is 0.624. The lowest BCUT2D eigenvalue weighted by atomic mass is 9.88. The number of likely N-dealkylation sites (N-methyl/N-ethyl adjacent to an activating group) is 1. The maximum absolute atomic E-state index is 12.5. The van der Waals surface area contributed by atoms with Crippen molar-refractivity contribution in [3.8, 4) is 0 Å². The minimum Gasteiger partial charge on any atom is -0.390 e. The van der Waals surface area contributed by atoms with E-state index >= 15 is 0 Å². The van der Waals surface area contributed by atoms with Crippen molar-refractivity contribution in [2.24, 2.45) is 0 Å². The summed E-state index contributed by atoms with van der Waals surface area (Å²) in [6, 6.07) is 0. The number of nitrogen functional groups attached to an aromatic ring is 1. The molecule has 0 aliphatic carbocycles. The quantitative estimate of drug-likeness (QED) is 0.777. The maximum atomic E-state index is 12.5. The molecule has 1 fully saturated rings. The Bertz CT molecular complexity index is 639. The number of fused-ring (bicyclic) bond motifs is 1. The molecule has 1 aromatic rings. The van der Waals surface area contributed by atoms with Crippen molar-refractivity contribution in [3.05, 3.63) is 16.5 Å². The molecule has 2 N–H and O–H groups in total. The molecule has 3 rings (SSSR count). The molecule has 0 radical (unpaired) electrons. The van der Waals surface area contributed by atoms with Gasteiger partial charge in [-0.15, -0.1) is 11.3 Å². The first-order valence-corrected chi connectivity index (χ1v) is 7.23. The number of nitrogens with zero attached hydrogens (tertiary/aromatic N) is 2. The number of piperidine rings is 1. The Morgan fingerprint density at radius 2 is 2.05 bits per heavy atom. The van der Waals surface area contributed by atoms with Crippen LogP contribution in [0.1, 0.15) is 35.7 Å². The van der Waals surface area contributed by atoms with Gasteiger partial charge in [-0.3, -0.25) is 19.3 Å². The largest absolute Gasteiger partial charge is 0.390 e. The van der Waals surface area contributed by atoms with Crippen molar-refractivity contribution in [2.45, 2.75) is 31.8 Å². The monoisotopic (exact) mass is 293 g/mol. The van der Waals surface area contributed by atoms with Gasteiger partial charge in [0.25, 0.3) is 11.8 Å². The number of likely N-dealkylation sites (tertiary alicyclic amines) is 1. The lowest BCUT2D eigenvalue weighted by molar-refractivity contribution is -0.155. The fraction of sp³-hybridized carbons (Fsp3) is 0.462. The van der Waals surface area contributed by atoms with Crippen molar-refractivity contribution >= 4 is 34.1 Å². The maximum Gasteiger partial charge on any atom is 0.256 e. The average molecular weight is 293 g/mol. The fourth-order valence-corrected chi connectivity index (χ4v) is 3.67. The van der Waals surface area contributed by atoms with E-state index in [1.807, 2.05) is 0 Å². The first-order chi connectivity index (χ1) is 9.36. The fourth-order valence-electron chi connectivity index (χ4n) is 2.86. The van der Waals surface area contributed by atoms with Gasteiger partial charge in [-0.05, 0) is 13.3 Å². The van der Waals surface area contributed by atoms with Gasteiger partial charge in [0, 0.05) is 24.4 Å². The van der Waals surface area contributed by atoms with Crippen LogP contribution in [-0.2, 0) is 16.1 Å².